The number of fused-ring (bicyclic) bond motifs is 1. The number of aliphatic hydroxyl groups is 1. The van der Waals surface area contributed by atoms with E-state index in [1.807, 2.05) is 6.07 Å². The van der Waals surface area contributed by atoms with E-state index in [1.165, 1.54) is 23.2 Å². The molecule has 110 valence electrons. The molecular formula is C18H20BrNO. The van der Waals surface area contributed by atoms with Crippen LogP contribution in [0.3, 0.4) is 0 Å². The summed E-state index contributed by atoms with van der Waals surface area (Å²) < 4.78 is 0.979. The van der Waals surface area contributed by atoms with Gasteiger partial charge in [0.2, 0.25) is 0 Å². The molecule has 0 unspecified atom stereocenters. The molecule has 0 aliphatic carbocycles. The third kappa shape index (κ3) is 3.14. The Hall–Kier alpha value is -1.32. The summed E-state index contributed by atoms with van der Waals surface area (Å²) in [6.45, 7) is 3.81. The van der Waals surface area contributed by atoms with Gasteiger partial charge in [0.15, 0.2) is 0 Å². The van der Waals surface area contributed by atoms with E-state index in [0.29, 0.717) is 0 Å². The van der Waals surface area contributed by atoms with Crippen molar-refractivity contribution in [2.24, 2.45) is 0 Å². The zero-order valence-corrected chi connectivity index (χ0v) is 13.8. The molecule has 2 aromatic rings. The molecule has 2 nitrogen and oxygen atoms in total. The SMILES string of the molecule is C[C@@H](O)c1ccc(N2CCCc3ccccc3C2)cc1Br. The molecule has 0 amide bonds. The molecule has 0 saturated carbocycles. The van der Waals surface area contributed by atoms with Crippen LogP contribution >= 0.6 is 15.9 Å². The first-order valence-corrected chi connectivity index (χ1v) is 8.23. The standard InChI is InChI=1S/C18H20BrNO/c1-13(21)17-9-8-16(11-18(17)19)20-10-4-7-14-5-2-3-6-15(14)12-20/h2-3,5-6,8-9,11,13,21H,4,7,10,12H2,1H3/t13-/m1/s1. The number of hydrogen-bond acceptors (Lipinski definition) is 2. The van der Waals surface area contributed by atoms with Gasteiger partial charge in [0.25, 0.3) is 0 Å². The predicted octanol–water partition coefficient (Wildman–Crippen LogP) is 4.46. The summed E-state index contributed by atoms with van der Waals surface area (Å²) in [6.07, 6.45) is 1.88. The molecule has 1 aliphatic heterocycles. The summed E-state index contributed by atoms with van der Waals surface area (Å²) in [7, 11) is 0. The normalized spacial score (nSPS) is 16.2. The Kier molecular flexibility index (Phi) is 4.32. The second kappa shape index (κ2) is 6.20. The van der Waals surface area contributed by atoms with Crippen LogP contribution in [-0.2, 0) is 13.0 Å². The van der Waals surface area contributed by atoms with Crippen LogP contribution in [0.2, 0.25) is 0 Å². The van der Waals surface area contributed by atoms with Gasteiger partial charge in [0, 0.05) is 23.2 Å². The molecule has 1 atom stereocenters. The van der Waals surface area contributed by atoms with E-state index in [-0.39, 0.29) is 0 Å². The van der Waals surface area contributed by atoms with Gasteiger partial charge in [-0.1, -0.05) is 46.3 Å². The second-order valence-electron chi connectivity index (χ2n) is 5.68. The summed E-state index contributed by atoms with van der Waals surface area (Å²) in [6, 6.07) is 15.0. The van der Waals surface area contributed by atoms with E-state index < -0.39 is 6.10 Å². The molecule has 1 aliphatic rings. The maximum absolute atomic E-state index is 9.74. The van der Waals surface area contributed by atoms with Crippen LogP contribution in [0.5, 0.6) is 0 Å². The van der Waals surface area contributed by atoms with Gasteiger partial charge in [-0.2, -0.15) is 0 Å². The molecule has 21 heavy (non-hydrogen) atoms. The minimum atomic E-state index is -0.446. The monoisotopic (exact) mass is 345 g/mol. The first kappa shape index (κ1) is 14.6. The van der Waals surface area contributed by atoms with E-state index in [4.69, 9.17) is 0 Å². The molecule has 3 heteroatoms. The van der Waals surface area contributed by atoms with Crippen LogP contribution in [0.1, 0.15) is 36.1 Å². The first-order valence-electron chi connectivity index (χ1n) is 7.44. The molecule has 3 rings (SSSR count). The Morgan fingerprint density at radius 1 is 1.14 bits per heavy atom. The Labute approximate surface area is 134 Å². The van der Waals surface area contributed by atoms with Crippen molar-refractivity contribution < 1.29 is 5.11 Å². The fourth-order valence-electron chi connectivity index (χ4n) is 2.97. The van der Waals surface area contributed by atoms with Crippen molar-refractivity contribution >= 4 is 21.6 Å². The number of nitrogens with zero attached hydrogens (tertiary/aromatic N) is 1. The highest BCUT2D eigenvalue weighted by Crippen LogP contribution is 2.30. The third-order valence-electron chi connectivity index (χ3n) is 4.15. The molecule has 0 aromatic heterocycles. The highest BCUT2D eigenvalue weighted by atomic mass is 79.9. The largest absolute Gasteiger partial charge is 0.389 e. The average molecular weight is 346 g/mol. The molecule has 0 fully saturated rings. The van der Waals surface area contributed by atoms with E-state index in [0.717, 1.165) is 29.5 Å². The zero-order valence-electron chi connectivity index (χ0n) is 12.2. The summed E-state index contributed by atoms with van der Waals surface area (Å²) in [5, 5.41) is 9.74. The van der Waals surface area contributed by atoms with Crippen molar-refractivity contribution in [1.82, 2.24) is 0 Å². The molecule has 2 aromatic carbocycles. The van der Waals surface area contributed by atoms with Crippen LogP contribution in [0.25, 0.3) is 0 Å². The molecule has 1 N–H and O–H groups in total. The Bertz CT molecular complexity index is 639. The lowest BCUT2D eigenvalue weighted by atomic mass is 10.0. The molecule has 1 heterocycles. The molecule has 0 spiro atoms. The van der Waals surface area contributed by atoms with Gasteiger partial charge < -0.3 is 10.0 Å². The van der Waals surface area contributed by atoms with E-state index in [2.05, 4.69) is 57.2 Å². The number of aryl methyl sites for hydroxylation is 1. The Morgan fingerprint density at radius 3 is 2.62 bits per heavy atom. The lowest BCUT2D eigenvalue weighted by Crippen LogP contribution is -2.22. The van der Waals surface area contributed by atoms with Crippen LogP contribution in [0.4, 0.5) is 5.69 Å². The van der Waals surface area contributed by atoms with Crippen molar-refractivity contribution in [3.63, 3.8) is 0 Å². The van der Waals surface area contributed by atoms with Crippen molar-refractivity contribution in [2.45, 2.75) is 32.4 Å². The van der Waals surface area contributed by atoms with E-state index in [9.17, 15) is 5.11 Å². The third-order valence-corrected chi connectivity index (χ3v) is 4.84. The summed E-state index contributed by atoms with van der Waals surface area (Å²) >= 11 is 3.58. The molecule has 0 bridgehead atoms. The highest BCUT2D eigenvalue weighted by molar-refractivity contribution is 9.10. The number of benzene rings is 2. The lowest BCUT2D eigenvalue weighted by Gasteiger charge is -2.24. The van der Waals surface area contributed by atoms with Crippen molar-refractivity contribution in [3.8, 4) is 0 Å². The van der Waals surface area contributed by atoms with Crippen LogP contribution in [0.15, 0.2) is 46.9 Å². The second-order valence-corrected chi connectivity index (χ2v) is 6.53. The fourth-order valence-corrected chi connectivity index (χ4v) is 3.67. The van der Waals surface area contributed by atoms with Gasteiger partial charge in [-0.15, -0.1) is 0 Å². The van der Waals surface area contributed by atoms with Gasteiger partial charge in [-0.05, 0) is 48.6 Å². The number of rotatable bonds is 2. The minimum Gasteiger partial charge on any atom is -0.389 e. The average Bonchev–Trinajstić information content (AvgIpc) is 2.68. The smallest absolute Gasteiger partial charge is 0.0772 e. The molecule has 0 saturated heterocycles. The van der Waals surface area contributed by atoms with Gasteiger partial charge >= 0.3 is 0 Å². The Balaban J connectivity index is 1.89. The summed E-state index contributed by atoms with van der Waals surface area (Å²) in [5.74, 6) is 0. The number of anilines is 1. The van der Waals surface area contributed by atoms with E-state index in [1.54, 1.807) is 6.92 Å². The van der Waals surface area contributed by atoms with Gasteiger partial charge in [0.1, 0.15) is 0 Å². The topological polar surface area (TPSA) is 23.5 Å². The number of halogens is 1. The van der Waals surface area contributed by atoms with Crippen LogP contribution in [-0.4, -0.2) is 11.7 Å². The van der Waals surface area contributed by atoms with Crippen molar-refractivity contribution in [1.29, 1.82) is 0 Å². The minimum absolute atomic E-state index is 0.446. The van der Waals surface area contributed by atoms with Crippen molar-refractivity contribution in [3.05, 3.63) is 63.6 Å². The van der Waals surface area contributed by atoms with Crippen LogP contribution < -0.4 is 4.90 Å². The quantitative estimate of drug-likeness (QED) is 0.868. The molecule has 0 radical (unpaired) electrons. The number of aliphatic hydroxyl groups excluding tert-OH is 1. The first-order chi connectivity index (χ1) is 10.1. The lowest BCUT2D eigenvalue weighted by molar-refractivity contribution is 0.198. The summed E-state index contributed by atoms with van der Waals surface area (Å²) in [5.41, 5.74) is 5.04. The number of hydrogen-bond donors (Lipinski definition) is 1. The zero-order chi connectivity index (χ0) is 14.8. The van der Waals surface area contributed by atoms with Crippen LogP contribution in [0, 0.1) is 0 Å². The maximum atomic E-state index is 9.74. The predicted molar refractivity (Wildman–Crippen MR) is 90.6 cm³/mol. The van der Waals surface area contributed by atoms with Gasteiger partial charge in [-0.25, -0.2) is 0 Å². The molecular weight excluding hydrogens is 326 g/mol. The van der Waals surface area contributed by atoms with E-state index >= 15 is 0 Å². The van der Waals surface area contributed by atoms with Crippen molar-refractivity contribution in [2.75, 3.05) is 11.4 Å². The van der Waals surface area contributed by atoms with Gasteiger partial charge in [-0.3, -0.25) is 0 Å². The highest BCUT2D eigenvalue weighted by Gasteiger charge is 2.16. The van der Waals surface area contributed by atoms with Gasteiger partial charge in [0.05, 0.1) is 6.10 Å². The fraction of sp³-hybridized carbons (Fsp3) is 0.333. The Morgan fingerprint density at radius 2 is 1.90 bits per heavy atom. The summed E-state index contributed by atoms with van der Waals surface area (Å²) in [4.78, 5) is 2.42. The maximum Gasteiger partial charge on any atom is 0.0772 e.